The highest BCUT2D eigenvalue weighted by molar-refractivity contribution is 5.97. The molecule has 0 aromatic heterocycles. The number of aromatic hydroxyl groups is 1. The lowest BCUT2D eigenvalue weighted by atomic mass is 9.94. The minimum atomic E-state index is -1.07. The second-order valence-electron chi connectivity index (χ2n) is 7.48. The predicted octanol–water partition coefficient (Wildman–Crippen LogP) is 2.69. The molecule has 1 heterocycles. The van der Waals surface area contributed by atoms with Crippen molar-refractivity contribution in [2.45, 2.75) is 44.6 Å². The van der Waals surface area contributed by atoms with Crippen LogP contribution in [0.4, 0.5) is 14.5 Å². The van der Waals surface area contributed by atoms with Crippen LogP contribution in [0, 0.1) is 11.6 Å². The molecule has 8 heteroatoms. The monoisotopic (exact) mass is 392 g/mol. The van der Waals surface area contributed by atoms with Crippen molar-refractivity contribution in [2.24, 2.45) is 0 Å². The molecule has 2 aromatic carbocycles. The Morgan fingerprint density at radius 1 is 1.21 bits per heavy atom. The first-order chi connectivity index (χ1) is 13.1. The van der Waals surface area contributed by atoms with Gasteiger partial charge in [0.05, 0.1) is 5.69 Å². The molecule has 0 saturated carbocycles. The quantitative estimate of drug-likeness (QED) is 0.568. The van der Waals surface area contributed by atoms with Crippen molar-refractivity contribution in [2.75, 3.05) is 5.32 Å². The molecule has 150 valence electrons. The summed E-state index contributed by atoms with van der Waals surface area (Å²) in [6, 6.07) is 8.01. The van der Waals surface area contributed by atoms with E-state index < -0.39 is 35.4 Å². The molecule has 0 saturated heterocycles. The van der Waals surface area contributed by atoms with Crippen LogP contribution in [0.15, 0.2) is 36.4 Å². The number of aliphatic hydroxyl groups is 1. The van der Waals surface area contributed by atoms with Crippen LogP contribution in [0.3, 0.4) is 0 Å². The van der Waals surface area contributed by atoms with Gasteiger partial charge in [0, 0.05) is 18.0 Å². The van der Waals surface area contributed by atoms with Crippen molar-refractivity contribution in [1.82, 2.24) is 5.32 Å². The molecule has 0 spiro atoms. The van der Waals surface area contributed by atoms with E-state index in [-0.39, 0.29) is 12.2 Å². The SMILES string of the molecule is CC(C)(Cc1ccc(F)c(F)c1)NC(O)CC1Oc2ccc(O)cc2NC1=O. The van der Waals surface area contributed by atoms with Crippen molar-refractivity contribution >= 4 is 11.6 Å². The maximum atomic E-state index is 13.4. The van der Waals surface area contributed by atoms with E-state index in [4.69, 9.17) is 4.74 Å². The van der Waals surface area contributed by atoms with E-state index in [1.807, 2.05) is 0 Å². The number of hydrogen-bond acceptors (Lipinski definition) is 5. The van der Waals surface area contributed by atoms with Gasteiger partial charge in [-0.3, -0.25) is 10.1 Å². The number of benzene rings is 2. The molecule has 6 nitrogen and oxygen atoms in total. The Labute approximate surface area is 161 Å². The fourth-order valence-electron chi connectivity index (χ4n) is 3.22. The molecular weight excluding hydrogens is 370 g/mol. The van der Waals surface area contributed by atoms with Crippen molar-refractivity contribution in [3.63, 3.8) is 0 Å². The Morgan fingerprint density at radius 3 is 2.68 bits per heavy atom. The predicted molar refractivity (Wildman–Crippen MR) is 99.1 cm³/mol. The van der Waals surface area contributed by atoms with E-state index in [1.165, 1.54) is 24.3 Å². The Kier molecular flexibility index (Phi) is 5.53. The van der Waals surface area contributed by atoms with Gasteiger partial charge in [-0.2, -0.15) is 0 Å². The summed E-state index contributed by atoms with van der Waals surface area (Å²) < 4.78 is 32.1. The number of anilines is 1. The Bertz CT molecular complexity index is 889. The summed E-state index contributed by atoms with van der Waals surface area (Å²) in [5.41, 5.74) is 0.282. The van der Waals surface area contributed by atoms with Crippen LogP contribution in [0.5, 0.6) is 11.5 Å². The second kappa shape index (κ2) is 7.73. The van der Waals surface area contributed by atoms with E-state index in [9.17, 15) is 23.8 Å². The minimum absolute atomic E-state index is 0.00165. The van der Waals surface area contributed by atoms with Crippen molar-refractivity contribution in [1.29, 1.82) is 0 Å². The Balaban J connectivity index is 1.61. The van der Waals surface area contributed by atoms with Crippen molar-refractivity contribution < 1.29 is 28.5 Å². The number of rotatable bonds is 6. The topological polar surface area (TPSA) is 90.8 Å². The summed E-state index contributed by atoms with van der Waals surface area (Å²) in [5, 5.41) is 25.5. The fourth-order valence-corrected chi connectivity index (χ4v) is 3.22. The largest absolute Gasteiger partial charge is 0.508 e. The van der Waals surface area contributed by atoms with Crippen LogP contribution in [0.2, 0.25) is 0 Å². The van der Waals surface area contributed by atoms with Crippen molar-refractivity contribution in [3.8, 4) is 11.5 Å². The highest BCUT2D eigenvalue weighted by atomic mass is 19.2. The third kappa shape index (κ3) is 4.76. The number of fused-ring (bicyclic) bond motifs is 1. The van der Waals surface area contributed by atoms with Gasteiger partial charge in [-0.25, -0.2) is 8.78 Å². The van der Waals surface area contributed by atoms with Crippen LogP contribution in [-0.4, -0.2) is 34.0 Å². The number of halogens is 2. The van der Waals surface area contributed by atoms with Gasteiger partial charge < -0.3 is 20.3 Å². The molecule has 1 amide bonds. The highest BCUT2D eigenvalue weighted by Gasteiger charge is 2.32. The zero-order valence-electron chi connectivity index (χ0n) is 15.5. The summed E-state index contributed by atoms with van der Waals surface area (Å²) >= 11 is 0. The number of hydrogen-bond donors (Lipinski definition) is 4. The summed E-state index contributed by atoms with van der Waals surface area (Å²) in [4.78, 5) is 12.2. The zero-order chi connectivity index (χ0) is 20.5. The number of phenols is 1. The van der Waals surface area contributed by atoms with E-state index in [2.05, 4.69) is 10.6 Å². The summed E-state index contributed by atoms with van der Waals surface area (Å²) in [7, 11) is 0. The summed E-state index contributed by atoms with van der Waals surface area (Å²) in [6.45, 7) is 3.61. The average molecular weight is 392 g/mol. The van der Waals surface area contributed by atoms with Crippen LogP contribution >= 0.6 is 0 Å². The van der Waals surface area contributed by atoms with E-state index in [1.54, 1.807) is 13.8 Å². The van der Waals surface area contributed by atoms with E-state index in [0.29, 0.717) is 23.4 Å². The van der Waals surface area contributed by atoms with Gasteiger partial charge in [0.15, 0.2) is 17.7 Å². The highest BCUT2D eigenvalue weighted by Crippen LogP contribution is 2.33. The summed E-state index contributed by atoms with van der Waals surface area (Å²) in [6.07, 6.45) is -1.68. The first kappa shape index (κ1) is 20.0. The van der Waals surface area contributed by atoms with E-state index in [0.717, 1.165) is 12.1 Å². The third-order valence-electron chi connectivity index (χ3n) is 4.41. The number of phenolic OH excluding ortho intramolecular Hbond substituents is 1. The van der Waals surface area contributed by atoms with Gasteiger partial charge in [-0.1, -0.05) is 6.07 Å². The van der Waals surface area contributed by atoms with Gasteiger partial charge >= 0.3 is 0 Å². The molecule has 28 heavy (non-hydrogen) atoms. The van der Waals surface area contributed by atoms with Gasteiger partial charge in [0.2, 0.25) is 0 Å². The van der Waals surface area contributed by atoms with Gasteiger partial charge in [0.25, 0.3) is 5.91 Å². The molecule has 2 atom stereocenters. The second-order valence-corrected chi connectivity index (χ2v) is 7.48. The number of carbonyl (C=O) groups is 1. The lowest BCUT2D eigenvalue weighted by Gasteiger charge is -2.32. The van der Waals surface area contributed by atoms with Gasteiger partial charge in [-0.15, -0.1) is 0 Å². The zero-order valence-corrected chi connectivity index (χ0v) is 15.5. The molecule has 0 fully saturated rings. The molecule has 0 aliphatic carbocycles. The number of amides is 1. The van der Waals surface area contributed by atoms with Gasteiger partial charge in [0.1, 0.15) is 17.7 Å². The fraction of sp³-hybridized carbons (Fsp3) is 0.350. The molecule has 1 aliphatic heterocycles. The maximum absolute atomic E-state index is 13.4. The van der Waals surface area contributed by atoms with E-state index >= 15 is 0 Å². The van der Waals surface area contributed by atoms with Crippen molar-refractivity contribution in [3.05, 3.63) is 53.6 Å². The summed E-state index contributed by atoms with van der Waals surface area (Å²) in [5.74, 6) is -1.87. The smallest absolute Gasteiger partial charge is 0.265 e. The third-order valence-corrected chi connectivity index (χ3v) is 4.41. The standard InChI is InChI=1S/C20H22F2N2O4/c1-20(2,10-11-3-5-13(21)14(22)7-11)24-18(26)9-17-19(27)23-15-8-12(25)4-6-16(15)28-17/h3-8,17-18,24-26H,9-10H2,1-2H3,(H,23,27). The van der Waals surface area contributed by atoms with Crippen LogP contribution in [0.1, 0.15) is 25.8 Å². The number of carbonyl (C=O) groups excluding carboxylic acids is 1. The molecule has 0 radical (unpaired) electrons. The molecule has 2 unspecified atom stereocenters. The average Bonchev–Trinajstić information content (AvgIpc) is 2.58. The van der Waals surface area contributed by atoms with Crippen LogP contribution in [-0.2, 0) is 11.2 Å². The first-order valence-electron chi connectivity index (χ1n) is 8.83. The minimum Gasteiger partial charge on any atom is -0.508 e. The molecule has 3 rings (SSSR count). The molecular formula is C20H22F2N2O4. The Morgan fingerprint density at radius 2 is 1.96 bits per heavy atom. The Hall–Kier alpha value is -2.71. The van der Waals surface area contributed by atoms with Gasteiger partial charge in [-0.05, 0) is 50.1 Å². The number of nitrogens with one attached hydrogen (secondary N) is 2. The lowest BCUT2D eigenvalue weighted by molar-refractivity contribution is -0.125. The maximum Gasteiger partial charge on any atom is 0.265 e. The molecule has 4 N–H and O–H groups in total. The molecule has 2 aromatic rings. The number of ether oxygens (including phenoxy) is 1. The van der Waals surface area contributed by atoms with Crippen LogP contribution in [0.25, 0.3) is 0 Å². The lowest BCUT2D eigenvalue weighted by Crippen LogP contribution is -2.50. The molecule has 0 bridgehead atoms. The molecule has 1 aliphatic rings. The number of aliphatic hydroxyl groups excluding tert-OH is 1. The van der Waals surface area contributed by atoms with Crippen LogP contribution < -0.4 is 15.4 Å². The normalized spacial score (nSPS) is 17.5. The first-order valence-corrected chi connectivity index (χ1v) is 8.83.